The predicted molar refractivity (Wildman–Crippen MR) is 78.3 cm³/mol. The van der Waals surface area contributed by atoms with E-state index in [1.165, 1.54) is 16.5 Å². The van der Waals surface area contributed by atoms with Crippen LogP contribution >= 0.6 is 0 Å². The molecule has 1 heterocycles. The van der Waals surface area contributed by atoms with Gasteiger partial charge in [-0.3, -0.25) is 0 Å². The molecule has 7 N–H and O–H groups in total. The van der Waals surface area contributed by atoms with Crippen molar-refractivity contribution in [2.75, 3.05) is 6.54 Å². The molecule has 0 aliphatic carbocycles. The molecule has 8 heteroatoms. The number of carboxylic acid groups (broad SMARTS) is 2. The second-order valence-electron chi connectivity index (χ2n) is 4.46. The van der Waals surface area contributed by atoms with Gasteiger partial charge in [-0.1, -0.05) is 18.2 Å². The third-order valence-corrected chi connectivity index (χ3v) is 2.89. The summed E-state index contributed by atoms with van der Waals surface area (Å²) in [5.74, 6) is -3.54. The fourth-order valence-corrected chi connectivity index (χ4v) is 1.76. The van der Waals surface area contributed by atoms with Gasteiger partial charge in [0.15, 0.2) is 12.2 Å². The van der Waals surface area contributed by atoms with Gasteiger partial charge < -0.3 is 31.1 Å². The fourth-order valence-electron chi connectivity index (χ4n) is 1.76. The minimum absolute atomic E-state index is 0.710. The average Bonchev–Trinajstić information content (AvgIpc) is 2.90. The van der Waals surface area contributed by atoms with Gasteiger partial charge in [0, 0.05) is 17.1 Å². The Balaban J connectivity index is 0.000000225. The summed E-state index contributed by atoms with van der Waals surface area (Å²) in [7, 11) is 0. The summed E-state index contributed by atoms with van der Waals surface area (Å²) in [6, 6.07) is 8.29. The summed E-state index contributed by atoms with van der Waals surface area (Å²) in [6.07, 6.45) is -1.54. The Hall–Kier alpha value is -2.42. The molecule has 120 valence electrons. The summed E-state index contributed by atoms with van der Waals surface area (Å²) < 4.78 is 0. The maximum atomic E-state index is 9.77. The van der Waals surface area contributed by atoms with Crippen LogP contribution in [0.25, 0.3) is 10.9 Å². The summed E-state index contributed by atoms with van der Waals surface area (Å²) in [5, 5.41) is 33.8. The number of aliphatic carboxylic acids is 2. The van der Waals surface area contributed by atoms with Crippen molar-refractivity contribution in [1.82, 2.24) is 4.98 Å². The predicted octanol–water partition coefficient (Wildman–Crippen LogP) is -0.454. The number of hydrogen-bond acceptors (Lipinski definition) is 5. The first kappa shape index (κ1) is 17.6. The Morgan fingerprint density at radius 2 is 1.64 bits per heavy atom. The Morgan fingerprint density at radius 3 is 2.14 bits per heavy atom. The van der Waals surface area contributed by atoms with E-state index in [1.807, 2.05) is 12.3 Å². The van der Waals surface area contributed by atoms with E-state index in [2.05, 4.69) is 23.2 Å². The van der Waals surface area contributed by atoms with Crippen molar-refractivity contribution in [3.05, 3.63) is 36.0 Å². The molecule has 0 amide bonds. The number of rotatable bonds is 5. The number of hydrogen-bond donors (Lipinski definition) is 6. The second-order valence-corrected chi connectivity index (χ2v) is 4.46. The van der Waals surface area contributed by atoms with Crippen LogP contribution in [0.2, 0.25) is 0 Å². The van der Waals surface area contributed by atoms with Crippen molar-refractivity contribution in [2.45, 2.75) is 18.6 Å². The molecule has 8 nitrogen and oxygen atoms in total. The Kier molecular flexibility index (Phi) is 6.51. The third kappa shape index (κ3) is 4.55. The number of aliphatic hydroxyl groups is 2. The molecule has 0 fully saturated rings. The lowest BCUT2D eigenvalue weighted by molar-refractivity contribution is -0.165. The van der Waals surface area contributed by atoms with Gasteiger partial charge in [-0.2, -0.15) is 0 Å². The highest BCUT2D eigenvalue weighted by Gasteiger charge is 2.29. The number of fused-ring (bicyclic) bond motifs is 1. The SMILES string of the molecule is NCCc1c[nH]c2ccccc12.O=C(O)C(O)C(O)C(=O)O. The van der Waals surface area contributed by atoms with Crippen LogP contribution in [0.15, 0.2) is 30.5 Å². The van der Waals surface area contributed by atoms with Crippen molar-refractivity contribution in [3.63, 3.8) is 0 Å². The van der Waals surface area contributed by atoms with Gasteiger partial charge in [-0.05, 0) is 24.6 Å². The summed E-state index contributed by atoms with van der Waals surface area (Å²) >= 11 is 0. The van der Waals surface area contributed by atoms with Crippen molar-refractivity contribution in [2.24, 2.45) is 5.73 Å². The number of para-hydroxylation sites is 1. The van der Waals surface area contributed by atoms with E-state index >= 15 is 0 Å². The quantitative estimate of drug-likeness (QED) is 0.436. The zero-order chi connectivity index (χ0) is 16.7. The van der Waals surface area contributed by atoms with Gasteiger partial charge in [0.1, 0.15) is 0 Å². The number of benzene rings is 1. The van der Waals surface area contributed by atoms with Gasteiger partial charge in [0.2, 0.25) is 0 Å². The van der Waals surface area contributed by atoms with E-state index in [0.29, 0.717) is 6.54 Å². The molecule has 0 radical (unpaired) electrons. The maximum Gasteiger partial charge on any atom is 0.335 e. The van der Waals surface area contributed by atoms with Crippen LogP contribution in [0.5, 0.6) is 0 Å². The lowest BCUT2D eigenvalue weighted by Gasteiger charge is -2.07. The molecular formula is C14H18N2O6. The van der Waals surface area contributed by atoms with Crippen LogP contribution in [0, 0.1) is 0 Å². The van der Waals surface area contributed by atoms with E-state index in [9.17, 15) is 9.59 Å². The number of nitrogens with two attached hydrogens (primary N) is 1. The smallest absolute Gasteiger partial charge is 0.335 e. The van der Waals surface area contributed by atoms with E-state index < -0.39 is 24.1 Å². The van der Waals surface area contributed by atoms with E-state index in [1.54, 1.807) is 0 Å². The van der Waals surface area contributed by atoms with Crippen LogP contribution < -0.4 is 5.73 Å². The molecule has 0 bridgehead atoms. The first-order valence-electron chi connectivity index (χ1n) is 6.45. The summed E-state index contributed by atoms with van der Waals surface area (Å²) in [4.78, 5) is 22.8. The molecule has 22 heavy (non-hydrogen) atoms. The van der Waals surface area contributed by atoms with Gasteiger partial charge in [-0.25, -0.2) is 9.59 Å². The first-order valence-corrected chi connectivity index (χ1v) is 6.45. The molecule has 0 aliphatic heterocycles. The number of aromatic nitrogens is 1. The topological polar surface area (TPSA) is 157 Å². The molecule has 0 aliphatic rings. The number of carbonyl (C=O) groups is 2. The van der Waals surface area contributed by atoms with E-state index in [4.69, 9.17) is 26.2 Å². The molecule has 0 saturated carbocycles. The lowest BCUT2D eigenvalue weighted by Crippen LogP contribution is -2.39. The number of aromatic amines is 1. The zero-order valence-corrected chi connectivity index (χ0v) is 11.6. The number of carboxylic acids is 2. The highest BCUT2D eigenvalue weighted by atomic mass is 16.4. The Bertz CT molecular complexity index is 621. The fraction of sp³-hybridized carbons (Fsp3) is 0.286. The second kappa shape index (κ2) is 8.13. The molecule has 2 aromatic rings. The molecule has 1 aromatic heterocycles. The number of aliphatic hydroxyl groups excluding tert-OH is 2. The Labute approximate surface area is 125 Å². The molecule has 2 unspecified atom stereocenters. The maximum absolute atomic E-state index is 9.77. The molecule has 1 aromatic carbocycles. The van der Waals surface area contributed by atoms with Gasteiger partial charge >= 0.3 is 11.9 Å². The highest BCUT2D eigenvalue weighted by Crippen LogP contribution is 2.17. The van der Waals surface area contributed by atoms with Crippen molar-refractivity contribution in [3.8, 4) is 0 Å². The molecule has 0 saturated heterocycles. The number of nitrogens with one attached hydrogen (secondary N) is 1. The Morgan fingerprint density at radius 1 is 1.09 bits per heavy atom. The largest absolute Gasteiger partial charge is 0.479 e. The van der Waals surface area contributed by atoms with Crippen molar-refractivity contribution in [1.29, 1.82) is 0 Å². The molecular weight excluding hydrogens is 292 g/mol. The minimum Gasteiger partial charge on any atom is -0.479 e. The van der Waals surface area contributed by atoms with Crippen LogP contribution in [0.4, 0.5) is 0 Å². The lowest BCUT2D eigenvalue weighted by atomic mass is 10.1. The van der Waals surface area contributed by atoms with Gasteiger partial charge in [-0.15, -0.1) is 0 Å². The first-order chi connectivity index (χ1) is 10.4. The van der Waals surface area contributed by atoms with Crippen LogP contribution in [0.1, 0.15) is 5.56 Å². The van der Waals surface area contributed by atoms with Gasteiger partial charge in [0.25, 0.3) is 0 Å². The van der Waals surface area contributed by atoms with Crippen molar-refractivity contribution < 1.29 is 30.0 Å². The van der Waals surface area contributed by atoms with Crippen LogP contribution in [0.3, 0.4) is 0 Å². The zero-order valence-electron chi connectivity index (χ0n) is 11.6. The summed E-state index contributed by atoms with van der Waals surface area (Å²) in [6.45, 7) is 0.710. The molecule has 0 spiro atoms. The van der Waals surface area contributed by atoms with Gasteiger partial charge in [0.05, 0.1) is 0 Å². The van der Waals surface area contributed by atoms with Crippen LogP contribution in [-0.4, -0.2) is 56.1 Å². The van der Waals surface area contributed by atoms with E-state index in [0.717, 1.165) is 6.42 Å². The monoisotopic (exact) mass is 310 g/mol. The van der Waals surface area contributed by atoms with Crippen LogP contribution in [-0.2, 0) is 16.0 Å². The molecule has 2 atom stereocenters. The normalized spacial score (nSPS) is 13.0. The van der Waals surface area contributed by atoms with E-state index in [-0.39, 0.29) is 0 Å². The standard InChI is InChI=1S/C10H12N2.C4H6O6/c11-6-5-8-7-12-10-4-2-1-3-9(8)10;5-1(3(7)8)2(6)4(9)10/h1-4,7,12H,5-6,11H2;1-2,5-6H,(H,7,8)(H,9,10). The molecule has 2 rings (SSSR count). The number of H-pyrrole nitrogens is 1. The minimum atomic E-state index is -2.27. The highest BCUT2D eigenvalue weighted by molar-refractivity contribution is 5.83. The summed E-state index contributed by atoms with van der Waals surface area (Å²) in [5.41, 5.74) is 8.01. The average molecular weight is 310 g/mol. The third-order valence-electron chi connectivity index (χ3n) is 2.89. The van der Waals surface area contributed by atoms with Crippen molar-refractivity contribution >= 4 is 22.8 Å².